The second-order valence-electron chi connectivity index (χ2n) is 6.76. The lowest BCUT2D eigenvalue weighted by atomic mass is 9.98. The summed E-state index contributed by atoms with van der Waals surface area (Å²) in [4.78, 5) is 11.7. The maximum absolute atomic E-state index is 11.7. The van der Waals surface area contributed by atoms with Crippen LogP contribution in [0.25, 0.3) is 16.6 Å². The molecular formula is C22H19N3O2. The molecule has 1 amide bonds. The van der Waals surface area contributed by atoms with Crippen LogP contribution >= 0.6 is 0 Å². The average molecular weight is 357 g/mol. The quantitative estimate of drug-likeness (QED) is 0.546. The molecule has 27 heavy (non-hydrogen) atoms. The molecule has 0 saturated heterocycles. The van der Waals surface area contributed by atoms with E-state index in [1.54, 1.807) is 4.68 Å². The highest BCUT2D eigenvalue weighted by Crippen LogP contribution is 2.33. The third-order valence-electron chi connectivity index (χ3n) is 4.93. The normalized spacial score (nSPS) is 19.1. The van der Waals surface area contributed by atoms with E-state index in [1.165, 1.54) is 0 Å². The number of hydrogen-bond acceptors (Lipinski definition) is 3. The third kappa shape index (κ3) is 3.01. The van der Waals surface area contributed by atoms with Gasteiger partial charge in [0.2, 0.25) is 0 Å². The van der Waals surface area contributed by atoms with Gasteiger partial charge in [0.05, 0.1) is 11.2 Å². The van der Waals surface area contributed by atoms with Crippen molar-refractivity contribution in [3.8, 4) is 17.5 Å². The van der Waals surface area contributed by atoms with Crippen LogP contribution in [-0.2, 0) is 0 Å². The molecule has 1 heterocycles. The van der Waals surface area contributed by atoms with Gasteiger partial charge in [-0.25, -0.2) is 4.68 Å². The molecule has 3 N–H and O–H groups in total. The molecule has 4 rings (SSSR count). The Labute approximate surface area is 157 Å². The zero-order valence-electron chi connectivity index (χ0n) is 14.8. The summed E-state index contributed by atoms with van der Waals surface area (Å²) in [6.07, 6.45) is 2.32. The molecule has 0 bridgehead atoms. The van der Waals surface area contributed by atoms with Gasteiger partial charge >= 0.3 is 0 Å². The number of hydrogen-bond donors (Lipinski definition) is 2. The zero-order valence-corrected chi connectivity index (χ0v) is 14.8. The van der Waals surface area contributed by atoms with Gasteiger partial charge < -0.3 is 10.8 Å². The first-order valence-electron chi connectivity index (χ1n) is 8.80. The molecule has 0 radical (unpaired) electrons. The predicted octanol–water partition coefficient (Wildman–Crippen LogP) is 2.95. The van der Waals surface area contributed by atoms with Crippen LogP contribution < -0.4 is 5.73 Å². The van der Waals surface area contributed by atoms with E-state index >= 15 is 0 Å². The standard InChI is InChI=1S/C22H19N3O2/c1-15-6-5-12-22(15,27)13-11-16-7-4-8-17(14-16)25-19-10-3-2-9-18(19)20(24-25)21(23)26/h2-4,7-10,14,27H,1,5-6,12H2,(H2,23,26)/t22-/m0/s1. The third-order valence-corrected chi connectivity index (χ3v) is 4.93. The number of primary amides is 1. The van der Waals surface area contributed by atoms with E-state index in [2.05, 4.69) is 23.5 Å². The molecule has 5 heteroatoms. The lowest BCUT2D eigenvalue weighted by Crippen LogP contribution is -2.23. The smallest absolute Gasteiger partial charge is 0.269 e. The minimum atomic E-state index is -1.10. The molecule has 1 aliphatic carbocycles. The predicted molar refractivity (Wildman–Crippen MR) is 104 cm³/mol. The number of nitrogens with zero attached hydrogens (tertiary/aromatic N) is 2. The summed E-state index contributed by atoms with van der Waals surface area (Å²) in [5.41, 5.74) is 7.69. The van der Waals surface area contributed by atoms with E-state index < -0.39 is 11.5 Å². The Morgan fingerprint density at radius 3 is 2.81 bits per heavy atom. The number of carbonyl (C=O) groups is 1. The van der Waals surface area contributed by atoms with Crippen LogP contribution in [0.3, 0.4) is 0 Å². The monoisotopic (exact) mass is 357 g/mol. The Bertz CT molecular complexity index is 1130. The molecule has 3 aromatic rings. The van der Waals surface area contributed by atoms with Crippen LogP contribution in [0.4, 0.5) is 0 Å². The number of fused-ring (bicyclic) bond motifs is 1. The highest BCUT2D eigenvalue weighted by atomic mass is 16.3. The highest BCUT2D eigenvalue weighted by molar-refractivity contribution is 6.04. The molecule has 1 saturated carbocycles. The number of amides is 1. The van der Waals surface area contributed by atoms with Gasteiger partial charge in [0, 0.05) is 10.9 Å². The summed E-state index contributed by atoms with van der Waals surface area (Å²) in [6.45, 7) is 3.93. The van der Waals surface area contributed by atoms with E-state index in [4.69, 9.17) is 5.73 Å². The lowest BCUT2D eigenvalue weighted by Gasteiger charge is -2.15. The summed E-state index contributed by atoms with van der Waals surface area (Å²) in [5, 5.41) is 15.7. The van der Waals surface area contributed by atoms with Crippen molar-refractivity contribution in [1.82, 2.24) is 9.78 Å². The van der Waals surface area contributed by atoms with E-state index in [9.17, 15) is 9.90 Å². The van der Waals surface area contributed by atoms with E-state index in [-0.39, 0.29) is 5.69 Å². The van der Waals surface area contributed by atoms with Gasteiger partial charge in [0.25, 0.3) is 5.91 Å². The molecule has 1 atom stereocenters. The minimum Gasteiger partial charge on any atom is -0.374 e. The highest BCUT2D eigenvalue weighted by Gasteiger charge is 2.32. The summed E-state index contributed by atoms with van der Waals surface area (Å²) < 4.78 is 1.68. The summed E-state index contributed by atoms with van der Waals surface area (Å²) >= 11 is 0. The maximum Gasteiger partial charge on any atom is 0.269 e. The fourth-order valence-corrected chi connectivity index (χ4v) is 3.43. The molecule has 1 aromatic heterocycles. The van der Waals surface area contributed by atoms with Crippen LogP contribution in [0.1, 0.15) is 35.3 Å². The Hall–Kier alpha value is -3.36. The van der Waals surface area contributed by atoms with Crippen LogP contribution in [0.15, 0.2) is 60.7 Å². The van der Waals surface area contributed by atoms with Gasteiger partial charge in [0.15, 0.2) is 5.69 Å². The van der Waals surface area contributed by atoms with E-state index in [1.807, 2.05) is 48.5 Å². The molecule has 1 aliphatic rings. The SMILES string of the molecule is C=C1CCC[C@]1(O)C#Cc1cccc(-n2nc(C(N)=O)c3ccccc32)c1. The number of para-hydroxylation sites is 1. The van der Waals surface area contributed by atoms with Gasteiger partial charge in [-0.3, -0.25) is 4.79 Å². The number of carbonyl (C=O) groups excluding carboxylic acids is 1. The fraction of sp³-hybridized carbons (Fsp3) is 0.182. The van der Waals surface area contributed by atoms with Gasteiger partial charge in [-0.15, -0.1) is 0 Å². The van der Waals surface area contributed by atoms with Crippen LogP contribution in [-0.4, -0.2) is 26.4 Å². The van der Waals surface area contributed by atoms with Crippen molar-refractivity contribution in [1.29, 1.82) is 0 Å². The van der Waals surface area contributed by atoms with Crippen molar-refractivity contribution in [2.24, 2.45) is 5.73 Å². The largest absolute Gasteiger partial charge is 0.374 e. The fourth-order valence-electron chi connectivity index (χ4n) is 3.43. The molecular weight excluding hydrogens is 338 g/mol. The summed E-state index contributed by atoms with van der Waals surface area (Å²) in [6, 6.07) is 14.9. The minimum absolute atomic E-state index is 0.235. The van der Waals surface area contributed by atoms with Crippen LogP contribution in [0.5, 0.6) is 0 Å². The number of rotatable bonds is 2. The Balaban J connectivity index is 1.77. The maximum atomic E-state index is 11.7. The van der Waals surface area contributed by atoms with Crippen LogP contribution in [0.2, 0.25) is 0 Å². The van der Waals surface area contributed by atoms with Crippen LogP contribution in [0, 0.1) is 11.8 Å². The van der Waals surface area contributed by atoms with Crippen molar-refractivity contribution in [2.75, 3.05) is 0 Å². The zero-order chi connectivity index (χ0) is 19.0. The molecule has 0 spiro atoms. The summed E-state index contributed by atoms with van der Waals surface area (Å²) in [5.74, 6) is 5.45. The Kier molecular flexibility index (Phi) is 4.06. The second-order valence-corrected chi connectivity index (χ2v) is 6.76. The van der Waals surface area contributed by atoms with Crippen molar-refractivity contribution < 1.29 is 9.90 Å². The number of benzene rings is 2. The number of aliphatic hydroxyl groups is 1. The number of aromatic nitrogens is 2. The first kappa shape index (κ1) is 17.1. The molecule has 2 aromatic carbocycles. The van der Waals surface area contributed by atoms with E-state index in [0.29, 0.717) is 11.8 Å². The van der Waals surface area contributed by atoms with Gasteiger partial charge in [-0.2, -0.15) is 5.10 Å². The van der Waals surface area contributed by atoms with E-state index in [0.717, 1.165) is 35.2 Å². The first-order valence-corrected chi connectivity index (χ1v) is 8.80. The second kappa shape index (κ2) is 6.42. The van der Waals surface area contributed by atoms with Crippen molar-refractivity contribution in [3.05, 3.63) is 71.9 Å². The van der Waals surface area contributed by atoms with Gasteiger partial charge in [-0.1, -0.05) is 42.7 Å². The lowest BCUT2D eigenvalue weighted by molar-refractivity contribution is 0.0996. The molecule has 0 unspecified atom stereocenters. The molecule has 0 aliphatic heterocycles. The van der Waals surface area contributed by atoms with Crippen molar-refractivity contribution >= 4 is 16.8 Å². The molecule has 134 valence electrons. The number of nitrogens with two attached hydrogens (primary N) is 1. The Morgan fingerprint density at radius 2 is 2.07 bits per heavy atom. The van der Waals surface area contributed by atoms with Crippen molar-refractivity contribution in [3.63, 3.8) is 0 Å². The van der Waals surface area contributed by atoms with Gasteiger partial charge in [0.1, 0.15) is 5.60 Å². The van der Waals surface area contributed by atoms with Crippen molar-refractivity contribution in [2.45, 2.75) is 24.9 Å². The first-order chi connectivity index (χ1) is 13.0. The average Bonchev–Trinajstić information content (AvgIpc) is 3.22. The Morgan fingerprint density at radius 1 is 1.26 bits per heavy atom. The van der Waals surface area contributed by atoms with Gasteiger partial charge in [-0.05, 0) is 49.1 Å². The summed E-state index contributed by atoms with van der Waals surface area (Å²) in [7, 11) is 0. The molecule has 5 nitrogen and oxygen atoms in total. The molecule has 1 fully saturated rings. The topological polar surface area (TPSA) is 81.1 Å².